The Morgan fingerprint density at radius 3 is 2.56 bits per heavy atom. The maximum absolute atomic E-state index is 6.14. The third kappa shape index (κ3) is 3.52. The fourth-order valence-electron chi connectivity index (χ4n) is 1.27. The summed E-state index contributed by atoms with van der Waals surface area (Å²) >= 11 is 17.2. The molecule has 1 aliphatic heterocycles. The zero-order valence-corrected chi connectivity index (χ0v) is 12.5. The van der Waals surface area contributed by atoms with Crippen LogP contribution in [0.3, 0.4) is 0 Å². The smallest absolute Gasteiger partial charge is 0.0945 e. The molecule has 6 heteroatoms. The van der Waals surface area contributed by atoms with E-state index in [0.717, 1.165) is 22.5 Å². The maximum Gasteiger partial charge on any atom is 0.0945 e. The Bertz CT molecular complexity index is 377. The Morgan fingerprint density at radius 2 is 2.06 bits per heavy atom. The van der Waals surface area contributed by atoms with Crippen molar-refractivity contribution in [3.63, 3.8) is 0 Å². The highest BCUT2D eigenvalue weighted by molar-refractivity contribution is 9.10. The molecule has 0 saturated carbocycles. The number of nitrogens with zero attached hydrogens (tertiary/aromatic N) is 1. The Labute approximate surface area is 117 Å². The van der Waals surface area contributed by atoms with Crippen molar-refractivity contribution < 1.29 is 4.74 Å². The fraction of sp³-hybridized carbons (Fsp3) is 0.400. The zero-order valence-electron chi connectivity index (χ0n) is 8.54. The van der Waals surface area contributed by atoms with E-state index in [1.165, 1.54) is 0 Å². The first-order chi connectivity index (χ1) is 7.56. The van der Waals surface area contributed by atoms with Gasteiger partial charge in [0.15, 0.2) is 0 Å². The largest absolute Gasteiger partial charge is 0.372 e. The Hall–Kier alpha value is 0.550. The third-order valence-corrected chi connectivity index (χ3v) is 4.43. The number of hydrogen-bond donors (Lipinski definition) is 0. The average molecular weight is 343 g/mol. The number of rotatable bonds is 4. The Kier molecular flexibility index (Phi) is 4.44. The van der Waals surface area contributed by atoms with Crippen LogP contribution in [0.2, 0.25) is 10.0 Å². The summed E-state index contributed by atoms with van der Waals surface area (Å²) in [6.07, 6.45) is 0.366. The molecule has 1 atom stereocenters. The molecule has 1 heterocycles. The van der Waals surface area contributed by atoms with Crippen molar-refractivity contribution in [2.24, 2.45) is 0 Å². The molecule has 1 aliphatic rings. The van der Waals surface area contributed by atoms with Gasteiger partial charge in [0.2, 0.25) is 0 Å². The first-order valence-electron chi connectivity index (χ1n) is 4.71. The molecule has 88 valence electrons. The molecule has 1 fully saturated rings. The van der Waals surface area contributed by atoms with E-state index in [1.54, 1.807) is 11.9 Å². The van der Waals surface area contributed by atoms with E-state index in [1.807, 2.05) is 19.2 Å². The minimum Gasteiger partial charge on any atom is -0.372 e. The molecular weight excluding hydrogens is 333 g/mol. The van der Waals surface area contributed by atoms with E-state index >= 15 is 0 Å². The van der Waals surface area contributed by atoms with Gasteiger partial charge >= 0.3 is 0 Å². The molecule has 1 aromatic carbocycles. The molecule has 0 unspecified atom stereocenters. The molecule has 0 aliphatic carbocycles. The molecule has 1 saturated heterocycles. The number of benzene rings is 1. The van der Waals surface area contributed by atoms with Gasteiger partial charge in [-0.1, -0.05) is 39.1 Å². The summed E-state index contributed by atoms with van der Waals surface area (Å²) in [6, 6.07) is 3.69. The van der Waals surface area contributed by atoms with E-state index in [-0.39, 0.29) is 0 Å². The summed E-state index contributed by atoms with van der Waals surface area (Å²) < 4.78 is 8.14. The fourth-order valence-corrected chi connectivity index (χ4v) is 3.53. The summed E-state index contributed by atoms with van der Waals surface area (Å²) in [4.78, 5) is 0.884. The molecule has 1 aromatic rings. The van der Waals surface area contributed by atoms with Gasteiger partial charge in [-0.25, -0.2) is 4.31 Å². The van der Waals surface area contributed by atoms with E-state index in [9.17, 15) is 0 Å². The van der Waals surface area contributed by atoms with Crippen molar-refractivity contribution >= 4 is 51.1 Å². The standard InChI is InChI=1S/C10H10BrCl2NOS/c1-14(4-7-5-15-7)16-10-8(12)2-6(11)3-9(10)13/h2-3,7H,4-5H2,1H3/t7-/m0/s1. The lowest BCUT2D eigenvalue weighted by Crippen LogP contribution is -2.15. The molecule has 0 spiro atoms. The lowest BCUT2D eigenvalue weighted by molar-refractivity contribution is 0.373. The predicted octanol–water partition coefficient (Wildman–Crippen LogP) is 4.09. The van der Waals surface area contributed by atoms with E-state index in [4.69, 9.17) is 27.9 Å². The maximum atomic E-state index is 6.14. The van der Waals surface area contributed by atoms with Gasteiger partial charge in [-0.05, 0) is 31.1 Å². The van der Waals surface area contributed by atoms with Gasteiger partial charge < -0.3 is 4.74 Å². The molecule has 2 nitrogen and oxygen atoms in total. The van der Waals surface area contributed by atoms with Crippen molar-refractivity contribution in [1.82, 2.24) is 4.31 Å². The quantitative estimate of drug-likeness (QED) is 0.605. The molecular formula is C10H10BrCl2NOS. The highest BCUT2D eigenvalue weighted by Gasteiger charge is 2.25. The van der Waals surface area contributed by atoms with Gasteiger partial charge in [-0.15, -0.1) is 0 Å². The number of halogens is 3. The summed E-state index contributed by atoms with van der Waals surface area (Å²) in [5, 5.41) is 1.32. The third-order valence-electron chi connectivity index (χ3n) is 2.07. The molecule has 0 aromatic heterocycles. The highest BCUT2D eigenvalue weighted by Crippen LogP contribution is 2.38. The van der Waals surface area contributed by atoms with Crippen LogP contribution in [0.1, 0.15) is 0 Å². The molecule has 0 amide bonds. The number of ether oxygens (including phenoxy) is 1. The van der Waals surface area contributed by atoms with Crippen LogP contribution >= 0.6 is 51.1 Å². The molecule has 0 radical (unpaired) electrons. The summed E-state index contributed by atoms with van der Waals surface area (Å²) in [5.74, 6) is 0. The first-order valence-corrected chi connectivity index (χ1v) is 7.03. The van der Waals surface area contributed by atoms with Crippen LogP contribution in [-0.2, 0) is 4.74 Å². The number of hydrogen-bond acceptors (Lipinski definition) is 3. The zero-order chi connectivity index (χ0) is 11.7. The second-order valence-electron chi connectivity index (χ2n) is 3.56. The van der Waals surface area contributed by atoms with Crippen LogP contribution < -0.4 is 0 Å². The van der Waals surface area contributed by atoms with Gasteiger partial charge in [-0.2, -0.15) is 0 Å². The van der Waals surface area contributed by atoms with Crippen LogP contribution in [0, 0.1) is 0 Å². The number of likely N-dealkylation sites (N-methyl/N-ethyl adjacent to an activating group) is 1. The van der Waals surface area contributed by atoms with Crippen LogP contribution in [0.15, 0.2) is 21.5 Å². The van der Waals surface area contributed by atoms with Crippen molar-refractivity contribution in [3.05, 3.63) is 26.7 Å². The monoisotopic (exact) mass is 341 g/mol. The van der Waals surface area contributed by atoms with Crippen LogP contribution in [0.25, 0.3) is 0 Å². The van der Waals surface area contributed by atoms with E-state index in [2.05, 4.69) is 20.2 Å². The normalized spacial score (nSPS) is 19.2. The topological polar surface area (TPSA) is 15.8 Å². The first kappa shape index (κ1) is 13.0. The van der Waals surface area contributed by atoms with Crippen molar-refractivity contribution in [1.29, 1.82) is 0 Å². The summed E-state index contributed by atoms with van der Waals surface area (Å²) in [5.41, 5.74) is 0. The second kappa shape index (κ2) is 5.46. The second-order valence-corrected chi connectivity index (χ2v) is 6.50. The molecule has 0 N–H and O–H groups in total. The van der Waals surface area contributed by atoms with Crippen molar-refractivity contribution in [2.45, 2.75) is 11.0 Å². The highest BCUT2D eigenvalue weighted by atomic mass is 79.9. The Morgan fingerprint density at radius 1 is 1.50 bits per heavy atom. The minimum atomic E-state index is 0.366. The van der Waals surface area contributed by atoms with Crippen LogP contribution in [0.4, 0.5) is 0 Å². The van der Waals surface area contributed by atoms with Crippen LogP contribution in [0.5, 0.6) is 0 Å². The van der Waals surface area contributed by atoms with Gasteiger partial charge in [0.25, 0.3) is 0 Å². The van der Waals surface area contributed by atoms with Gasteiger partial charge in [0.1, 0.15) is 0 Å². The predicted molar refractivity (Wildman–Crippen MR) is 72.4 cm³/mol. The van der Waals surface area contributed by atoms with E-state index in [0.29, 0.717) is 16.1 Å². The Balaban J connectivity index is 2.07. The average Bonchev–Trinajstić information content (AvgIpc) is 2.95. The lowest BCUT2D eigenvalue weighted by atomic mass is 10.4. The van der Waals surface area contributed by atoms with Gasteiger partial charge in [0.05, 0.1) is 27.7 Å². The summed E-state index contributed by atoms with van der Waals surface area (Å²) in [6.45, 7) is 1.74. The van der Waals surface area contributed by atoms with Crippen molar-refractivity contribution in [2.75, 3.05) is 20.2 Å². The van der Waals surface area contributed by atoms with Gasteiger partial charge in [-0.3, -0.25) is 0 Å². The van der Waals surface area contributed by atoms with Crippen LogP contribution in [-0.4, -0.2) is 30.6 Å². The lowest BCUT2D eigenvalue weighted by Gasteiger charge is -2.16. The number of epoxide rings is 1. The molecule has 16 heavy (non-hydrogen) atoms. The van der Waals surface area contributed by atoms with Gasteiger partial charge in [0, 0.05) is 11.0 Å². The molecule has 0 bridgehead atoms. The molecule has 2 rings (SSSR count). The minimum absolute atomic E-state index is 0.366. The SMILES string of the molecule is CN(C[C@H]1CO1)Sc1c(Cl)cc(Br)cc1Cl. The van der Waals surface area contributed by atoms with Crippen molar-refractivity contribution in [3.8, 4) is 0 Å². The van der Waals surface area contributed by atoms with E-state index < -0.39 is 0 Å². The summed E-state index contributed by atoms with van der Waals surface area (Å²) in [7, 11) is 2.00.